The van der Waals surface area contributed by atoms with Crippen LogP contribution in [0.25, 0.3) is 0 Å². The number of hydrogen-bond acceptors (Lipinski definition) is 3. The van der Waals surface area contributed by atoms with Gasteiger partial charge in [0.25, 0.3) is 0 Å². The Labute approximate surface area is 103 Å². The van der Waals surface area contributed by atoms with Crippen LogP contribution in [0.5, 0.6) is 0 Å². The molecule has 2 aliphatic rings. The molecule has 0 aromatic heterocycles. The van der Waals surface area contributed by atoms with Crippen LogP contribution in [0.1, 0.15) is 17.5 Å². The van der Waals surface area contributed by atoms with E-state index >= 15 is 0 Å². The lowest BCUT2D eigenvalue weighted by atomic mass is 10.1. The van der Waals surface area contributed by atoms with Crippen molar-refractivity contribution in [3.63, 3.8) is 0 Å². The summed E-state index contributed by atoms with van der Waals surface area (Å²) in [6.07, 6.45) is 0.634. The van der Waals surface area contributed by atoms with Gasteiger partial charge in [0.2, 0.25) is 11.8 Å². The van der Waals surface area contributed by atoms with E-state index in [4.69, 9.17) is 5.26 Å². The Bertz CT molecular complexity index is 585. The average molecular weight is 244 g/mol. The monoisotopic (exact) mass is 244 g/mol. The van der Waals surface area contributed by atoms with Gasteiger partial charge in [0, 0.05) is 5.56 Å². The second-order valence-electron chi connectivity index (χ2n) is 4.63. The number of piperidine rings is 1. The van der Waals surface area contributed by atoms with Gasteiger partial charge in [-0.1, -0.05) is 0 Å². The quantitative estimate of drug-likeness (QED) is 0.734. The second-order valence-corrected chi connectivity index (χ2v) is 4.63. The number of nitriles is 1. The maximum atomic E-state index is 13.6. The number of rotatable bonds is 2. The summed E-state index contributed by atoms with van der Waals surface area (Å²) in [7, 11) is 0. The van der Waals surface area contributed by atoms with Crippen molar-refractivity contribution >= 4 is 11.8 Å². The molecule has 1 heterocycles. The highest BCUT2D eigenvalue weighted by Gasteiger charge is 2.58. The van der Waals surface area contributed by atoms with Crippen molar-refractivity contribution in [2.45, 2.75) is 13.0 Å². The van der Waals surface area contributed by atoms with Gasteiger partial charge in [-0.15, -0.1) is 0 Å². The number of nitrogens with zero attached hydrogens (tertiary/aromatic N) is 2. The van der Waals surface area contributed by atoms with Crippen LogP contribution in [-0.4, -0.2) is 16.7 Å². The molecular formula is C13H9FN2O2. The molecule has 1 saturated heterocycles. The van der Waals surface area contributed by atoms with Crippen LogP contribution in [-0.2, 0) is 16.1 Å². The Morgan fingerprint density at radius 1 is 1.33 bits per heavy atom. The van der Waals surface area contributed by atoms with Gasteiger partial charge in [-0.25, -0.2) is 4.39 Å². The maximum absolute atomic E-state index is 13.6. The third-order valence-corrected chi connectivity index (χ3v) is 3.46. The maximum Gasteiger partial charge on any atom is 0.233 e. The lowest BCUT2D eigenvalue weighted by molar-refractivity contribution is -0.142. The molecule has 0 N–H and O–H groups in total. The van der Waals surface area contributed by atoms with Crippen LogP contribution in [0.3, 0.4) is 0 Å². The van der Waals surface area contributed by atoms with E-state index in [2.05, 4.69) is 0 Å². The first-order valence-corrected chi connectivity index (χ1v) is 5.65. The van der Waals surface area contributed by atoms with E-state index in [0.717, 1.165) is 4.90 Å². The minimum Gasteiger partial charge on any atom is -0.278 e. The summed E-state index contributed by atoms with van der Waals surface area (Å²) in [5, 5.41) is 8.75. The van der Waals surface area contributed by atoms with Crippen molar-refractivity contribution in [1.29, 1.82) is 5.26 Å². The van der Waals surface area contributed by atoms with Crippen LogP contribution in [0.4, 0.5) is 4.39 Å². The van der Waals surface area contributed by atoms with E-state index in [0.29, 0.717) is 12.0 Å². The molecule has 1 aliphatic carbocycles. The molecule has 18 heavy (non-hydrogen) atoms. The number of imide groups is 1. The lowest BCUT2D eigenvalue weighted by Gasteiger charge is -2.16. The zero-order valence-electron chi connectivity index (χ0n) is 9.39. The Morgan fingerprint density at radius 3 is 2.61 bits per heavy atom. The third kappa shape index (κ3) is 1.50. The van der Waals surface area contributed by atoms with Gasteiger partial charge >= 0.3 is 0 Å². The molecule has 90 valence electrons. The van der Waals surface area contributed by atoms with E-state index in [1.807, 2.05) is 6.07 Å². The van der Waals surface area contributed by atoms with Crippen molar-refractivity contribution in [3.05, 3.63) is 35.1 Å². The number of amides is 2. The van der Waals surface area contributed by atoms with Crippen molar-refractivity contribution < 1.29 is 14.0 Å². The second kappa shape index (κ2) is 3.64. The van der Waals surface area contributed by atoms with Crippen LogP contribution in [0, 0.1) is 29.0 Å². The summed E-state index contributed by atoms with van der Waals surface area (Å²) in [6.45, 7) is -0.0774. The molecule has 0 spiro atoms. The highest BCUT2D eigenvalue weighted by atomic mass is 19.1. The fourth-order valence-corrected chi connectivity index (χ4v) is 2.34. The smallest absolute Gasteiger partial charge is 0.233 e. The number of hydrogen-bond donors (Lipinski definition) is 0. The van der Waals surface area contributed by atoms with Crippen LogP contribution in [0.15, 0.2) is 18.2 Å². The molecule has 1 aromatic rings. The summed E-state index contributed by atoms with van der Waals surface area (Å²) in [4.78, 5) is 24.6. The molecule has 5 heteroatoms. The standard InChI is InChI=1S/C13H9FN2O2/c14-11-2-1-7(5-15)3-8(11)6-16-12(17)9-4-10(9)13(16)18/h1-3,9-10H,4,6H2. The predicted octanol–water partition coefficient (Wildman–Crippen LogP) is 1.20. The molecule has 2 atom stereocenters. The predicted molar refractivity (Wildman–Crippen MR) is 58.3 cm³/mol. The van der Waals surface area contributed by atoms with Gasteiger partial charge < -0.3 is 0 Å². The summed E-state index contributed by atoms with van der Waals surface area (Å²) < 4.78 is 13.6. The molecule has 4 nitrogen and oxygen atoms in total. The number of carbonyl (C=O) groups excluding carboxylic acids is 2. The highest BCUT2D eigenvalue weighted by Crippen LogP contribution is 2.47. The molecule has 1 aliphatic heterocycles. The minimum atomic E-state index is -0.504. The van der Waals surface area contributed by atoms with E-state index in [1.165, 1.54) is 18.2 Å². The number of benzene rings is 1. The fraction of sp³-hybridized carbons (Fsp3) is 0.308. The van der Waals surface area contributed by atoms with E-state index in [1.54, 1.807) is 0 Å². The van der Waals surface area contributed by atoms with Gasteiger partial charge in [0.05, 0.1) is 30.0 Å². The number of likely N-dealkylation sites (tertiary alicyclic amines) is 1. The van der Waals surface area contributed by atoms with Gasteiger partial charge in [-0.3, -0.25) is 14.5 Å². The first-order valence-electron chi connectivity index (χ1n) is 5.65. The van der Waals surface area contributed by atoms with Gasteiger partial charge in [0.1, 0.15) is 5.82 Å². The molecule has 2 unspecified atom stereocenters. The van der Waals surface area contributed by atoms with Crippen molar-refractivity contribution in [2.75, 3.05) is 0 Å². The average Bonchev–Trinajstić information content (AvgIpc) is 3.12. The van der Waals surface area contributed by atoms with Gasteiger partial charge in [-0.05, 0) is 24.6 Å². The Morgan fingerprint density at radius 2 is 2.00 bits per heavy atom. The van der Waals surface area contributed by atoms with Gasteiger partial charge in [0.15, 0.2) is 0 Å². The molecule has 1 aromatic carbocycles. The normalized spacial score (nSPS) is 25.0. The van der Waals surface area contributed by atoms with Crippen LogP contribution >= 0.6 is 0 Å². The van der Waals surface area contributed by atoms with E-state index in [-0.39, 0.29) is 35.8 Å². The first kappa shape index (κ1) is 10.9. The Hall–Kier alpha value is -2.22. The lowest BCUT2D eigenvalue weighted by Crippen LogP contribution is -2.32. The third-order valence-electron chi connectivity index (χ3n) is 3.46. The zero-order valence-corrected chi connectivity index (χ0v) is 9.39. The Kier molecular flexibility index (Phi) is 2.20. The topological polar surface area (TPSA) is 61.2 Å². The summed E-state index contributed by atoms with van der Waals surface area (Å²) >= 11 is 0. The molecule has 1 saturated carbocycles. The first-order chi connectivity index (χ1) is 8.61. The van der Waals surface area contributed by atoms with Crippen molar-refractivity contribution in [3.8, 4) is 6.07 Å². The molecule has 2 amide bonds. The summed E-state index contributed by atoms with van der Waals surface area (Å²) in [5.41, 5.74) is 0.521. The van der Waals surface area contributed by atoms with Crippen LogP contribution in [0.2, 0.25) is 0 Å². The summed E-state index contributed by atoms with van der Waals surface area (Å²) in [5.74, 6) is -1.30. The van der Waals surface area contributed by atoms with Crippen molar-refractivity contribution in [2.24, 2.45) is 11.8 Å². The minimum absolute atomic E-state index is 0.0774. The molecule has 0 bridgehead atoms. The molecule has 3 rings (SSSR count). The number of halogens is 1. The van der Waals surface area contributed by atoms with Gasteiger partial charge in [-0.2, -0.15) is 5.26 Å². The highest BCUT2D eigenvalue weighted by molar-refractivity contribution is 6.08. The van der Waals surface area contributed by atoms with Crippen LogP contribution < -0.4 is 0 Å². The largest absolute Gasteiger partial charge is 0.278 e. The van der Waals surface area contributed by atoms with E-state index in [9.17, 15) is 14.0 Å². The molecule has 2 fully saturated rings. The van der Waals surface area contributed by atoms with Crippen molar-refractivity contribution in [1.82, 2.24) is 4.90 Å². The fourth-order valence-electron chi connectivity index (χ4n) is 2.34. The number of carbonyl (C=O) groups is 2. The Balaban J connectivity index is 1.87. The SMILES string of the molecule is N#Cc1ccc(F)c(CN2C(=O)C3CC3C2=O)c1. The molecule has 0 radical (unpaired) electrons. The van der Waals surface area contributed by atoms with E-state index < -0.39 is 5.82 Å². The zero-order chi connectivity index (χ0) is 12.9. The number of fused-ring (bicyclic) bond motifs is 1. The summed E-state index contributed by atoms with van der Waals surface area (Å²) in [6, 6.07) is 5.82. The molecular weight excluding hydrogens is 235 g/mol.